The van der Waals surface area contributed by atoms with Gasteiger partial charge in [-0.25, -0.2) is 0 Å². The first kappa shape index (κ1) is 6.42. The lowest BCUT2D eigenvalue weighted by molar-refractivity contribution is 0.899. The van der Waals surface area contributed by atoms with Crippen molar-refractivity contribution in [2.24, 2.45) is 0 Å². The van der Waals surface area contributed by atoms with Gasteiger partial charge in [0.15, 0.2) is 0 Å². The number of halogens is 1. The zero-order valence-electron chi connectivity index (χ0n) is 5.41. The Labute approximate surface area is 66.4 Å². The SMILES string of the molecule is O=c1cc(Cl)[nH]c2ccnn12. The van der Waals surface area contributed by atoms with Gasteiger partial charge >= 0.3 is 0 Å². The maximum atomic E-state index is 11.1. The Morgan fingerprint density at radius 2 is 2.45 bits per heavy atom. The predicted molar refractivity (Wildman–Crippen MR) is 40.8 cm³/mol. The molecule has 11 heavy (non-hydrogen) atoms. The minimum Gasteiger partial charge on any atom is -0.330 e. The number of H-pyrrole nitrogens is 1. The van der Waals surface area contributed by atoms with Crippen LogP contribution in [0.5, 0.6) is 0 Å². The molecule has 0 bridgehead atoms. The third-order valence-corrected chi connectivity index (χ3v) is 1.55. The number of aromatic nitrogens is 3. The molecule has 1 N–H and O–H groups in total. The molecule has 0 aliphatic carbocycles. The van der Waals surface area contributed by atoms with Gasteiger partial charge in [0.25, 0.3) is 5.56 Å². The lowest BCUT2D eigenvalue weighted by Crippen LogP contribution is -2.12. The van der Waals surface area contributed by atoms with Gasteiger partial charge in [-0.3, -0.25) is 4.79 Å². The molecule has 0 aliphatic heterocycles. The van der Waals surface area contributed by atoms with Crippen LogP contribution in [-0.2, 0) is 0 Å². The Balaban J connectivity index is 3.02. The van der Waals surface area contributed by atoms with Gasteiger partial charge in [0, 0.05) is 12.1 Å². The maximum absolute atomic E-state index is 11.1. The smallest absolute Gasteiger partial charge is 0.275 e. The highest BCUT2D eigenvalue weighted by molar-refractivity contribution is 6.29. The van der Waals surface area contributed by atoms with Gasteiger partial charge in [0.2, 0.25) is 0 Å². The third-order valence-electron chi connectivity index (χ3n) is 1.35. The van der Waals surface area contributed by atoms with Crippen molar-refractivity contribution in [3.8, 4) is 0 Å². The van der Waals surface area contributed by atoms with Gasteiger partial charge in [-0.2, -0.15) is 9.61 Å². The number of nitrogens with one attached hydrogen (secondary N) is 1. The first-order valence-corrected chi connectivity index (χ1v) is 3.38. The van der Waals surface area contributed by atoms with Crippen molar-refractivity contribution in [1.82, 2.24) is 14.6 Å². The van der Waals surface area contributed by atoms with Gasteiger partial charge in [0.05, 0.1) is 6.20 Å². The predicted octanol–water partition coefficient (Wildman–Crippen LogP) is 0.676. The second-order valence-corrected chi connectivity index (χ2v) is 2.49. The standard InChI is InChI=1S/C6H4ClN3O/c7-4-3-6(11)10-5(9-4)1-2-8-10/h1-3,9H. The molecule has 5 heteroatoms. The summed E-state index contributed by atoms with van der Waals surface area (Å²) in [5, 5.41) is 4.10. The number of rotatable bonds is 0. The first-order chi connectivity index (χ1) is 5.27. The van der Waals surface area contributed by atoms with Crippen LogP contribution in [0.3, 0.4) is 0 Å². The van der Waals surface area contributed by atoms with Gasteiger partial charge in [0.1, 0.15) is 10.8 Å². The Bertz CT molecular complexity index is 444. The summed E-state index contributed by atoms with van der Waals surface area (Å²) in [5.74, 6) is 0. The molecular weight excluding hydrogens is 166 g/mol. The van der Waals surface area contributed by atoms with E-state index in [0.29, 0.717) is 10.8 Å². The second-order valence-electron chi connectivity index (χ2n) is 2.08. The molecule has 0 unspecified atom stereocenters. The van der Waals surface area contributed by atoms with E-state index in [0.717, 1.165) is 0 Å². The van der Waals surface area contributed by atoms with Crippen LogP contribution < -0.4 is 5.56 Å². The zero-order valence-corrected chi connectivity index (χ0v) is 6.17. The Morgan fingerprint density at radius 3 is 3.27 bits per heavy atom. The van der Waals surface area contributed by atoms with Crippen molar-refractivity contribution in [1.29, 1.82) is 0 Å². The lowest BCUT2D eigenvalue weighted by Gasteiger charge is -1.91. The highest BCUT2D eigenvalue weighted by Crippen LogP contribution is 2.01. The summed E-state index contributed by atoms with van der Waals surface area (Å²) in [5.41, 5.74) is 0.372. The molecule has 2 rings (SSSR count). The summed E-state index contributed by atoms with van der Waals surface area (Å²) in [6.45, 7) is 0. The van der Waals surface area contributed by atoms with E-state index >= 15 is 0 Å². The molecule has 0 radical (unpaired) electrons. The van der Waals surface area contributed by atoms with E-state index < -0.39 is 0 Å². The van der Waals surface area contributed by atoms with Crippen LogP contribution in [0.15, 0.2) is 23.1 Å². The van der Waals surface area contributed by atoms with Crippen LogP contribution in [0.4, 0.5) is 0 Å². The Morgan fingerprint density at radius 1 is 1.64 bits per heavy atom. The quantitative estimate of drug-likeness (QED) is 0.590. The normalized spacial score (nSPS) is 10.6. The molecule has 2 aromatic heterocycles. The van der Waals surface area contributed by atoms with Gasteiger partial charge < -0.3 is 4.98 Å². The van der Waals surface area contributed by atoms with E-state index in [4.69, 9.17) is 11.6 Å². The largest absolute Gasteiger partial charge is 0.330 e. The van der Waals surface area contributed by atoms with Crippen molar-refractivity contribution in [2.75, 3.05) is 0 Å². The number of hydrogen-bond donors (Lipinski definition) is 1. The summed E-state index contributed by atoms with van der Waals surface area (Å²) in [6.07, 6.45) is 1.53. The monoisotopic (exact) mass is 169 g/mol. The summed E-state index contributed by atoms with van der Waals surface area (Å²) < 4.78 is 1.24. The minimum absolute atomic E-state index is 0.228. The van der Waals surface area contributed by atoms with E-state index in [1.165, 1.54) is 16.8 Å². The molecule has 56 valence electrons. The van der Waals surface area contributed by atoms with Crippen LogP contribution >= 0.6 is 11.6 Å². The van der Waals surface area contributed by atoms with Crippen molar-refractivity contribution in [2.45, 2.75) is 0 Å². The number of nitrogens with zero attached hydrogens (tertiary/aromatic N) is 2. The summed E-state index contributed by atoms with van der Waals surface area (Å²) in [6, 6.07) is 2.95. The zero-order chi connectivity index (χ0) is 7.84. The fraction of sp³-hybridized carbons (Fsp3) is 0. The molecule has 0 fully saturated rings. The summed E-state index contributed by atoms with van der Waals surface area (Å²) in [7, 11) is 0. The Kier molecular flexibility index (Phi) is 1.22. The molecule has 0 saturated carbocycles. The van der Waals surface area contributed by atoms with Crippen molar-refractivity contribution >= 4 is 17.2 Å². The molecule has 2 heterocycles. The highest BCUT2D eigenvalue weighted by Gasteiger charge is 1.97. The van der Waals surface area contributed by atoms with E-state index in [-0.39, 0.29) is 5.56 Å². The van der Waals surface area contributed by atoms with Gasteiger partial charge in [-0.1, -0.05) is 11.6 Å². The van der Waals surface area contributed by atoms with E-state index in [9.17, 15) is 4.79 Å². The van der Waals surface area contributed by atoms with E-state index in [1.807, 2.05) is 0 Å². The van der Waals surface area contributed by atoms with E-state index in [2.05, 4.69) is 10.1 Å². The fourth-order valence-electron chi connectivity index (χ4n) is 0.902. The number of aromatic amines is 1. The summed E-state index contributed by atoms with van der Waals surface area (Å²) in [4.78, 5) is 13.8. The van der Waals surface area contributed by atoms with Gasteiger partial charge in [-0.15, -0.1) is 0 Å². The maximum Gasteiger partial charge on any atom is 0.275 e. The third kappa shape index (κ3) is 0.914. The van der Waals surface area contributed by atoms with Crippen LogP contribution in [0.1, 0.15) is 0 Å². The first-order valence-electron chi connectivity index (χ1n) is 3.00. The molecule has 0 aliphatic rings. The van der Waals surface area contributed by atoms with Crippen molar-refractivity contribution < 1.29 is 0 Å². The average molecular weight is 170 g/mol. The molecule has 4 nitrogen and oxygen atoms in total. The molecule has 0 spiro atoms. The Hall–Kier alpha value is -1.29. The number of fused-ring (bicyclic) bond motifs is 1. The molecule has 0 aromatic carbocycles. The summed E-state index contributed by atoms with van der Waals surface area (Å²) >= 11 is 5.58. The van der Waals surface area contributed by atoms with Crippen molar-refractivity contribution in [3.05, 3.63) is 33.8 Å². The average Bonchev–Trinajstić information content (AvgIpc) is 2.34. The van der Waals surface area contributed by atoms with Crippen LogP contribution in [0.25, 0.3) is 5.65 Å². The van der Waals surface area contributed by atoms with Crippen LogP contribution in [0, 0.1) is 0 Å². The molecule has 0 atom stereocenters. The molecule has 0 amide bonds. The molecule has 2 aromatic rings. The minimum atomic E-state index is -0.228. The van der Waals surface area contributed by atoms with E-state index in [1.54, 1.807) is 6.07 Å². The second kappa shape index (κ2) is 2.10. The van der Waals surface area contributed by atoms with Crippen LogP contribution in [-0.4, -0.2) is 14.6 Å². The lowest BCUT2D eigenvalue weighted by atomic mass is 10.6. The van der Waals surface area contributed by atoms with Gasteiger partial charge in [-0.05, 0) is 0 Å². The fourth-order valence-corrected chi connectivity index (χ4v) is 1.09. The van der Waals surface area contributed by atoms with Crippen LogP contribution in [0.2, 0.25) is 5.15 Å². The molecule has 0 saturated heterocycles. The molecular formula is C6H4ClN3O. The number of hydrogen-bond acceptors (Lipinski definition) is 2. The highest BCUT2D eigenvalue weighted by atomic mass is 35.5. The topological polar surface area (TPSA) is 50.2 Å². The van der Waals surface area contributed by atoms with Crippen molar-refractivity contribution in [3.63, 3.8) is 0 Å².